The van der Waals surface area contributed by atoms with Crippen LogP contribution in [0.4, 0.5) is 10.1 Å². The molecule has 0 N–H and O–H groups in total. The molecule has 1 aromatic heterocycles. The van der Waals surface area contributed by atoms with Gasteiger partial charge < -0.3 is 14.4 Å². The molecule has 2 aliphatic heterocycles. The summed E-state index contributed by atoms with van der Waals surface area (Å²) >= 11 is 0. The Labute approximate surface area is 228 Å². The summed E-state index contributed by atoms with van der Waals surface area (Å²) in [6.45, 7) is 2.83. The van der Waals surface area contributed by atoms with Crippen molar-refractivity contribution in [3.8, 4) is 5.69 Å². The molecule has 0 radical (unpaired) electrons. The molecule has 2 aromatic carbocycles. The van der Waals surface area contributed by atoms with Crippen molar-refractivity contribution in [1.82, 2.24) is 14.1 Å². The Bertz CT molecular complexity index is 1490. The number of methoxy groups -OCH3 is 2. The number of rotatable bonds is 7. The molecular formula is C29H33FN4O4S. The molecule has 1 aliphatic carbocycles. The highest BCUT2D eigenvalue weighted by molar-refractivity contribution is 7.89. The van der Waals surface area contributed by atoms with Crippen molar-refractivity contribution in [2.24, 2.45) is 5.41 Å². The highest BCUT2D eigenvalue weighted by Gasteiger charge is 2.46. The molecule has 2 saturated heterocycles. The zero-order chi connectivity index (χ0) is 27.2. The van der Waals surface area contributed by atoms with Crippen LogP contribution in [0, 0.1) is 11.2 Å². The number of piperidine rings is 1. The van der Waals surface area contributed by atoms with Crippen LogP contribution in [0.1, 0.15) is 24.1 Å². The van der Waals surface area contributed by atoms with Crippen LogP contribution in [-0.2, 0) is 25.9 Å². The summed E-state index contributed by atoms with van der Waals surface area (Å²) in [5.74, 6) is -0.295. The number of halogens is 1. The fraction of sp³-hybridized carbons (Fsp3) is 0.414. The van der Waals surface area contributed by atoms with Crippen molar-refractivity contribution in [3.63, 3.8) is 0 Å². The van der Waals surface area contributed by atoms with E-state index in [-0.39, 0.29) is 11.9 Å². The van der Waals surface area contributed by atoms with Gasteiger partial charge in [-0.2, -0.15) is 9.40 Å². The second kappa shape index (κ2) is 10.2. The zero-order valence-corrected chi connectivity index (χ0v) is 23.0. The van der Waals surface area contributed by atoms with E-state index in [1.807, 2.05) is 23.0 Å². The average Bonchev–Trinajstić information content (AvgIpc) is 3.59. The highest BCUT2D eigenvalue weighted by Crippen LogP contribution is 2.45. The van der Waals surface area contributed by atoms with Crippen molar-refractivity contribution in [2.45, 2.75) is 30.3 Å². The minimum atomic E-state index is -3.69. The Hall–Kier alpha value is -3.05. The number of hydrogen-bond donors (Lipinski definition) is 0. The Morgan fingerprint density at radius 3 is 2.49 bits per heavy atom. The van der Waals surface area contributed by atoms with Gasteiger partial charge in [-0.05, 0) is 79.4 Å². The van der Waals surface area contributed by atoms with Crippen LogP contribution in [0.3, 0.4) is 0 Å². The van der Waals surface area contributed by atoms with Gasteiger partial charge in [0.15, 0.2) is 0 Å². The van der Waals surface area contributed by atoms with Gasteiger partial charge in [0.1, 0.15) is 5.82 Å². The van der Waals surface area contributed by atoms with E-state index in [1.165, 1.54) is 12.1 Å². The molecule has 0 saturated carbocycles. The first-order chi connectivity index (χ1) is 18.8. The van der Waals surface area contributed by atoms with E-state index in [9.17, 15) is 12.8 Å². The molecule has 3 heterocycles. The standard InChI is InChI=1S/C29H33FN4O4S/c1-37-20-29-16-21-17-31-34(25-5-3-23(30)4-6-25)28(21)15-22(29)11-14-33(19-29)39(35,36)27-9-7-24(8-10-27)32-13-12-26(18-32)38-2/h3-10,15,17,26H,11-14,16,18-20H2,1-2H3. The van der Waals surface area contributed by atoms with Crippen molar-refractivity contribution in [2.75, 3.05) is 51.9 Å². The molecule has 2 unspecified atom stereocenters. The van der Waals surface area contributed by atoms with E-state index in [1.54, 1.807) is 42.8 Å². The van der Waals surface area contributed by atoms with Gasteiger partial charge in [-0.1, -0.05) is 5.57 Å². The zero-order valence-electron chi connectivity index (χ0n) is 22.2. The molecule has 8 nitrogen and oxygen atoms in total. The molecule has 6 rings (SSSR count). The van der Waals surface area contributed by atoms with Gasteiger partial charge in [-0.25, -0.2) is 17.5 Å². The Morgan fingerprint density at radius 2 is 1.79 bits per heavy atom. The van der Waals surface area contributed by atoms with Crippen LogP contribution in [0.2, 0.25) is 0 Å². The monoisotopic (exact) mass is 552 g/mol. The maximum atomic E-state index is 13.8. The van der Waals surface area contributed by atoms with Gasteiger partial charge in [0, 0.05) is 51.5 Å². The SMILES string of the molecule is COCC12Cc3cnn(-c4ccc(F)cc4)c3C=C1CCN(S(=O)(=O)c1ccc(N3CCC(OC)C3)cc1)C2. The third-order valence-electron chi connectivity index (χ3n) is 8.33. The first kappa shape index (κ1) is 26.2. The third kappa shape index (κ3) is 4.69. The quantitative estimate of drug-likeness (QED) is 0.443. The molecular weight excluding hydrogens is 519 g/mol. The Morgan fingerprint density at radius 1 is 1.05 bits per heavy atom. The number of sulfonamides is 1. The Kier molecular flexibility index (Phi) is 6.83. The second-order valence-corrected chi connectivity index (χ2v) is 12.6. The summed E-state index contributed by atoms with van der Waals surface area (Å²) in [5.41, 5.74) is 4.44. The van der Waals surface area contributed by atoms with Crippen LogP contribution in [0.25, 0.3) is 11.8 Å². The van der Waals surface area contributed by atoms with E-state index in [2.05, 4.69) is 16.1 Å². The highest BCUT2D eigenvalue weighted by atomic mass is 32.2. The number of aromatic nitrogens is 2. The summed E-state index contributed by atoms with van der Waals surface area (Å²) in [7, 11) is -0.311. The smallest absolute Gasteiger partial charge is 0.243 e. The summed E-state index contributed by atoms with van der Waals surface area (Å²) in [6.07, 6.45) is 6.33. The van der Waals surface area contributed by atoms with Crippen LogP contribution >= 0.6 is 0 Å². The number of hydrogen-bond acceptors (Lipinski definition) is 6. The van der Waals surface area contributed by atoms with Gasteiger partial charge in [0.25, 0.3) is 0 Å². The second-order valence-electron chi connectivity index (χ2n) is 10.7. The molecule has 39 heavy (non-hydrogen) atoms. The summed E-state index contributed by atoms with van der Waals surface area (Å²) < 4.78 is 55.6. The molecule has 2 atom stereocenters. The van der Waals surface area contributed by atoms with Gasteiger partial charge in [-0.3, -0.25) is 0 Å². The molecule has 2 fully saturated rings. The average molecular weight is 553 g/mol. The molecule has 0 amide bonds. The lowest BCUT2D eigenvalue weighted by Crippen LogP contribution is -2.51. The molecule has 10 heteroatoms. The van der Waals surface area contributed by atoms with Crippen LogP contribution < -0.4 is 4.90 Å². The van der Waals surface area contributed by atoms with Crippen LogP contribution in [0.5, 0.6) is 0 Å². The lowest BCUT2D eigenvalue weighted by atomic mass is 9.69. The van der Waals surface area contributed by atoms with Crippen molar-refractivity contribution in [3.05, 3.63) is 77.4 Å². The predicted molar refractivity (Wildman–Crippen MR) is 147 cm³/mol. The molecule has 0 bridgehead atoms. The molecule has 206 valence electrons. The van der Waals surface area contributed by atoms with E-state index in [0.717, 1.165) is 47.7 Å². The fourth-order valence-electron chi connectivity index (χ4n) is 6.23. The van der Waals surface area contributed by atoms with E-state index >= 15 is 0 Å². The largest absolute Gasteiger partial charge is 0.384 e. The minimum Gasteiger partial charge on any atom is -0.384 e. The predicted octanol–water partition coefficient (Wildman–Crippen LogP) is 3.90. The normalized spacial score (nSPS) is 23.4. The van der Waals surface area contributed by atoms with Gasteiger partial charge in [-0.15, -0.1) is 0 Å². The fourth-order valence-corrected chi connectivity index (χ4v) is 7.75. The number of ether oxygens (including phenoxy) is 2. The van der Waals surface area contributed by atoms with E-state index in [4.69, 9.17) is 9.47 Å². The number of anilines is 1. The lowest BCUT2D eigenvalue weighted by Gasteiger charge is -2.45. The summed E-state index contributed by atoms with van der Waals surface area (Å²) in [6, 6.07) is 13.5. The van der Waals surface area contributed by atoms with Gasteiger partial charge in [0.2, 0.25) is 10.0 Å². The van der Waals surface area contributed by atoms with Gasteiger partial charge in [0.05, 0.1) is 35.2 Å². The first-order valence-corrected chi connectivity index (χ1v) is 14.7. The van der Waals surface area contributed by atoms with Crippen LogP contribution in [0.15, 0.2) is 65.2 Å². The Balaban J connectivity index is 1.25. The van der Waals surface area contributed by atoms with Crippen molar-refractivity contribution >= 4 is 21.8 Å². The number of fused-ring (bicyclic) bond motifs is 2. The summed E-state index contributed by atoms with van der Waals surface area (Å²) in [4.78, 5) is 2.52. The van der Waals surface area contributed by atoms with Crippen LogP contribution in [-0.4, -0.2) is 75.6 Å². The minimum absolute atomic E-state index is 0.208. The molecule has 3 aromatic rings. The summed E-state index contributed by atoms with van der Waals surface area (Å²) in [5, 5.41) is 4.58. The maximum absolute atomic E-state index is 13.8. The molecule has 3 aliphatic rings. The number of benzene rings is 2. The van der Waals surface area contributed by atoms with Gasteiger partial charge >= 0.3 is 0 Å². The van der Waals surface area contributed by atoms with E-state index in [0.29, 0.717) is 37.4 Å². The maximum Gasteiger partial charge on any atom is 0.243 e. The molecule has 0 spiro atoms. The first-order valence-electron chi connectivity index (χ1n) is 13.2. The number of nitrogens with zero attached hydrogens (tertiary/aromatic N) is 4. The van der Waals surface area contributed by atoms with Crippen molar-refractivity contribution in [1.29, 1.82) is 0 Å². The lowest BCUT2D eigenvalue weighted by molar-refractivity contribution is 0.0733. The topological polar surface area (TPSA) is 76.9 Å². The van der Waals surface area contributed by atoms with Crippen molar-refractivity contribution < 1.29 is 22.3 Å². The third-order valence-corrected chi connectivity index (χ3v) is 10.2. The van der Waals surface area contributed by atoms with E-state index < -0.39 is 15.4 Å².